The first kappa shape index (κ1) is 15.8. The number of imide groups is 1. The minimum Gasteiger partial charge on any atom is -0.390 e. The van der Waals surface area contributed by atoms with Gasteiger partial charge in [0.15, 0.2) is 0 Å². The highest BCUT2D eigenvalue weighted by molar-refractivity contribution is 6.33. The molecule has 3 rings (SSSR count). The van der Waals surface area contributed by atoms with E-state index in [9.17, 15) is 14.7 Å². The SMILES string of the molecule is Cc1c(N2C(=O)N(C)C3(CCCC3O)C2=O)ccc(C#N)c1Cl. The molecule has 3 amide bonds. The summed E-state index contributed by atoms with van der Waals surface area (Å²) in [6, 6.07) is 4.52. The number of rotatable bonds is 1. The van der Waals surface area contributed by atoms with Gasteiger partial charge >= 0.3 is 6.03 Å². The standard InChI is InChI=1S/C16H16ClN3O3/c1-9-11(6-5-10(8-18)13(9)17)20-14(22)16(19(2)15(20)23)7-3-4-12(16)21/h5-6,12,21H,3-4,7H2,1-2H3. The summed E-state index contributed by atoms with van der Waals surface area (Å²) >= 11 is 6.15. The van der Waals surface area contributed by atoms with Crippen LogP contribution in [0.2, 0.25) is 5.02 Å². The van der Waals surface area contributed by atoms with Gasteiger partial charge in [0.2, 0.25) is 0 Å². The fourth-order valence-electron chi connectivity index (χ4n) is 3.57. The largest absolute Gasteiger partial charge is 0.390 e. The number of carbonyl (C=O) groups excluding carboxylic acids is 2. The van der Waals surface area contributed by atoms with Gasteiger partial charge in [-0.15, -0.1) is 0 Å². The number of hydrogen-bond donors (Lipinski definition) is 1. The number of urea groups is 1. The second-order valence-corrected chi connectivity index (χ2v) is 6.38. The fraction of sp³-hybridized carbons (Fsp3) is 0.438. The van der Waals surface area contributed by atoms with Crippen molar-refractivity contribution in [1.29, 1.82) is 5.26 Å². The summed E-state index contributed by atoms with van der Waals surface area (Å²) in [4.78, 5) is 28.0. The van der Waals surface area contributed by atoms with Crippen molar-refractivity contribution in [1.82, 2.24) is 4.90 Å². The molecule has 1 aliphatic carbocycles. The Morgan fingerprint density at radius 1 is 1.43 bits per heavy atom. The highest BCUT2D eigenvalue weighted by Crippen LogP contribution is 2.44. The predicted octanol–water partition coefficient (Wildman–Crippen LogP) is 2.20. The van der Waals surface area contributed by atoms with Crippen LogP contribution in [0, 0.1) is 18.3 Å². The molecule has 7 heteroatoms. The summed E-state index contributed by atoms with van der Waals surface area (Å²) in [5.74, 6) is -0.432. The second-order valence-electron chi connectivity index (χ2n) is 6.00. The van der Waals surface area contributed by atoms with Gasteiger partial charge in [0.05, 0.1) is 22.4 Å². The first-order valence-electron chi connectivity index (χ1n) is 7.36. The van der Waals surface area contributed by atoms with E-state index >= 15 is 0 Å². The molecule has 23 heavy (non-hydrogen) atoms. The summed E-state index contributed by atoms with van der Waals surface area (Å²) in [5.41, 5.74) is -0.0580. The molecule has 1 saturated carbocycles. The third kappa shape index (κ3) is 1.90. The molecule has 1 aliphatic heterocycles. The number of anilines is 1. The van der Waals surface area contributed by atoms with E-state index in [4.69, 9.17) is 16.9 Å². The predicted molar refractivity (Wildman–Crippen MR) is 84.1 cm³/mol. The van der Waals surface area contributed by atoms with E-state index in [1.807, 2.05) is 6.07 Å². The second kappa shape index (κ2) is 5.22. The number of carbonyl (C=O) groups is 2. The molecule has 6 nitrogen and oxygen atoms in total. The Morgan fingerprint density at radius 3 is 2.70 bits per heavy atom. The number of benzene rings is 1. The molecule has 1 aromatic carbocycles. The Hall–Kier alpha value is -2.10. The zero-order valence-electron chi connectivity index (χ0n) is 12.8. The summed E-state index contributed by atoms with van der Waals surface area (Å²) in [6.45, 7) is 1.66. The van der Waals surface area contributed by atoms with Crippen LogP contribution < -0.4 is 4.90 Å². The highest BCUT2D eigenvalue weighted by atomic mass is 35.5. The van der Waals surface area contributed by atoms with Crippen LogP contribution in [0.3, 0.4) is 0 Å². The van der Waals surface area contributed by atoms with Crippen molar-refractivity contribution in [2.45, 2.75) is 37.8 Å². The van der Waals surface area contributed by atoms with E-state index < -0.39 is 23.6 Å². The first-order chi connectivity index (χ1) is 10.9. The van der Waals surface area contributed by atoms with Crippen LogP contribution in [-0.4, -0.2) is 40.6 Å². The van der Waals surface area contributed by atoms with E-state index in [-0.39, 0.29) is 10.6 Å². The number of nitriles is 1. The summed E-state index contributed by atoms with van der Waals surface area (Å²) in [6.07, 6.45) is 0.744. The topological polar surface area (TPSA) is 84.6 Å². The van der Waals surface area contributed by atoms with Crippen molar-refractivity contribution in [2.24, 2.45) is 0 Å². The molecule has 1 saturated heterocycles. The molecular weight excluding hydrogens is 318 g/mol. The molecule has 120 valence electrons. The lowest BCUT2D eigenvalue weighted by Gasteiger charge is -2.31. The Morgan fingerprint density at radius 2 is 2.13 bits per heavy atom. The normalized spacial score (nSPS) is 27.2. The van der Waals surface area contributed by atoms with Gasteiger partial charge in [0.1, 0.15) is 11.6 Å². The lowest BCUT2D eigenvalue weighted by molar-refractivity contribution is -0.128. The monoisotopic (exact) mass is 333 g/mol. The molecule has 2 unspecified atom stereocenters. The van der Waals surface area contributed by atoms with E-state index in [1.54, 1.807) is 13.0 Å². The lowest BCUT2D eigenvalue weighted by Crippen LogP contribution is -2.53. The van der Waals surface area contributed by atoms with E-state index in [0.717, 1.165) is 4.90 Å². The number of aliphatic hydroxyl groups is 1. The molecule has 1 aromatic rings. The minimum absolute atomic E-state index is 0.223. The maximum Gasteiger partial charge on any atom is 0.332 e. The first-order valence-corrected chi connectivity index (χ1v) is 7.73. The van der Waals surface area contributed by atoms with Gasteiger partial charge in [0.25, 0.3) is 5.91 Å². The van der Waals surface area contributed by atoms with Crippen LogP contribution in [0.4, 0.5) is 10.5 Å². The number of halogens is 1. The van der Waals surface area contributed by atoms with Crippen LogP contribution >= 0.6 is 11.6 Å². The zero-order chi connectivity index (χ0) is 16.9. The van der Waals surface area contributed by atoms with Gasteiger partial charge in [0, 0.05) is 7.05 Å². The molecular formula is C16H16ClN3O3. The Labute approximate surface area is 138 Å². The number of aliphatic hydroxyl groups excluding tert-OH is 1. The van der Waals surface area contributed by atoms with Gasteiger partial charge < -0.3 is 10.0 Å². The van der Waals surface area contributed by atoms with Crippen molar-refractivity contribution in [3.8, 4) is 6.07 Å². The van der Waals surface area contributed by atoms with Gasteiger partial charge in [-0.25, -0.2) is 9.69 Å². The Kier molecular flexibility index (Phi) is 3.58. The van der Waals surface area contributed by atoms with Crippen LogP contribution in [-0.2, 0) is 4.79 Å². The minimum atomic E-state index is -1.19. The number of likely N-dealkylation sites (N-methyl/N-ethyl adjacent to an activating group) is 1. The van der Waals surface area contributed by atoms with Crippen molar-refractivity contribution in [3.05, 3.63) is 28.3 Å². The van der Waals surface area contributed by atoms with Crippen LogP contribution in [0.1, 0.15) is 30.4 Å². The molecule has 1 N–H and O–H groups in total. The van der Waals surface area contributed by atoms with Crippen molar-refractivity contribution >= 4 is 29.2 Å². The van der Waals surface area contributed by atoms with Gasteiger partial charge in [-0.05, 0) is 43.9 Å². The maximum atomic E-state index is 13.0. The molecule has 1 heterocycles. The molecule has 0 radical (unpaired) electrons. The van der Waals surface area contributed by atoms with Crippen LogP contribution in [0.15, 0.2) is 12.1 Å². The molecule has 2 aliphatic rings. The fourth-order valence-corrected chi connectivity index (χ4v) is 3.77. The zero-order valence-corrected chi connectivity index (χ0v) is 13.6. The molecule has 2 atom stereocenters. The van der Waals surface area contributed by atoms with Crippen molar-refractivity contribution in [2.75, 3.05) is 11.9 Å². The molecule has 2 fully saturated rings. The van der Waals surface area contributed by atoms with E-state index in [1.165, 1.54) is 18.0 Å². The van der Waals surface area contributed by atoms with Gasteiger partial charge in [-0.3, -0.25) is 4.79 Å². The van der Waals surface area contributed by atoms with E-state index in [0.29, 0.717) is 30.5 Å². The molecule has 0 bridgehead atoms. The number of nitrogens with zero attached hydrogens (tertiary/aromatic N) is 3. The summed E-state index contributed by atoms with van der Waals surface area (Å²) < 4.78 is 0. The quantitative estimate of drug-likeness (QED) is 0.798. The average molecular weight is 334 g/mol. The molecule has 0 aromatic heterocycles. The van der Waals surface area contributed by atoms with Crippen molar-refractivity contribution in [3.63, 3.8) is 0 Å². The van der Waals surface area contributed by atoms with Crippen molar-refractivity contribution < 1.29 is 14.7 Å². The van der Waals surface area contributed by atoms with Gasteiger partial charge in [-0.2, -0.15) is 5.26 Å². The van der Waals surface area contributed by atoms with Crippen LogP contribution in [0.5, 0.6) is 0 Å². The number of hydrogen-bond acceptors (Lipinski definition) is 4. The van der Waals surface area contributed by atoms with Gasteiger partial charge in [-0.1, -0.05) is 11.6 Å². The van der Waals surface area contributed by atoms with E-state index in [2.05, 4.69) is 0 Å². The molecule has 1 spiro atoms. The summed E-state index contributed by atoms with van der Waals surface area (Å²) in [7, 11) is 1.54. The lowest BCUT2D eigenvalue weighted by atomic mass is 9.93. The average Bonchev–Trinajstić information content (AvgIpc) is 3.00. The highest BCUT2D eigenvalue weighted by Gasteiger charge is 2.62. The smallest absolute Gasteiger partial charge is 0.332 e. The van der Waals surface area contributed by atoms with Crippen LogP contribution in [0.25, 0.3) is 0 Å². The number of amides is 3. The third-order valence-electron chi connectivity index (χ3n) is 4.96. The summed E-state index contributed by atoms with van der Waals surface area (Å²) in [5, 5.41) is 19.5. The Balaban J connectivity index is 2.12. The Bertz CT molecular complexity index is 758. The maximum absolute atomic E-state index is 13.0. The third-order valence-corrected chi connectivity index (χ3v) is 5.44.